The fourth-order valence-corrected chi connectivity index (χ4v) is 2.97. The maximum absolute atomic E-state index is 12.6. The second kappa shape index (κ2) is 5.91. The summed E-state index contributed by atoms with van der Waals surface area (Å²) in [4.78, 5) is 21.3. The molecule has 0 unspecified atom stereocenters. The van der Waals surface area contributed by atoms with Crippen LogP contribution in [0.2, 0.25) is 10.0 Å². The molecule has 7 heteroatoms. The minimum absolute atomic E-state index is 0.178. The normalized spacial score (nSPS) is 11.1. The van der Waals surface area contributed by atoms with Crippen LogP contribution in [0.4, 0.5) is 0 Å². The van der Waals surface area contributed by atoms with E-state index in [0.29, 0.717) is 32.0 Å². The van der Waals surface area contributed by atoms with Gasteiger partial charge in [-0.25, -0.2) is 9.97 Å². The van der Waals surface area contributed by atoms with Gasteiger partial charge in [-0.3, -0.25) is 9.36 Å². The second-order valence-electron chi connectivity index (χ2n) is 4.66. The minimum Gasteiger partial charge on any atom is -0.295 e. The summed E-state index contributed by atoms with van der Waals surface area (Å²) in [5.41, 5.74) is 1.49. The highest BCUT2D eigenvalue weighted by Crippen LogP contribution is 2.32. The van der Waals surface area contributed by atoms with Crippen LogP contribution in [0.1, 0.15) is 0 Å². The highest BCUT2D eigenvalue weighted by molar-refractivity contribution is 7.98. The van der Waals surface area contributed by atoms with Crippen molar-refractivity contribution in [3.63, 3.8) is 0 Å². The molecule has 0 bridgehead atoms. The number of hydrogen-bond donors (Lipinski definition) is 0. The molecule has 0 amide bonds. The monoisotopic (exact) mass is 351 g/mol. The molecule has 0 fully saturated rings. The van der Waals surface area contributed by atoms with Crippen LogP contribution < -0.4 is 5.56 Å². The summed E-state index contributed by atoms with van der Waals surface area (Å²) in [6.07, 6.45) is 3.59. The number of hydrogen-bond acceptors (Lipinski definition) is 4. The molecule has 1 aromatic carbocycles. The molecule has 112 valence electrons. The van der Waals surface area contributed by atoms with Crippen molar-refractivity contribution in [2.45, 2.75) is 5.16 Å². The number of thioether (sulfide) groups is 1. The van der Waals surface area contributed by atoms with Gasteiger partial charge in [-0.1, -0.05) is 47.1 Å². The van der Waals surface area contributed by atoms with Gasteiger partial charge in [-0.05, 0) is 18.4 Å². The van der Waals surface area contributed by atoms with Gasteiger partial charge in [0, 0.05) is 29.8 Å². The lowest BCUT2D eigenvalue weighted by atomic mass is 10.1. The molecule has 2 heterocycles. The first-order valence-electron chi connectivity index (χ1n) is 6.38. The van der Waals surface area contributed by atoms with Gasteiger partial charge in [0.1, 0.15) is 5.65 Å². The first-order chi connectivity index (χ1) is 10.5. The average molecular weight is 352 g/mol. The lowest BCUT2D eigenvalue weighted by Gasteiger charge is -2.10. The van der Waals surface area contributed by atoms with E-state index in [2.05, 4.69) is 9.97 Å². The lowest BCUT2D eigenvalue weighted by Crippen LogP contribution is -2.20. The molecule has 0 radical (unpaired) electrons. The number of benzene rings is 1. The fourth-order valence-electron chi connectivity index (χ4n) is 2.23. The molecular formula is C15H11Cl2N3OS. The number of rotatable bonds is 2. The predicted molar refractivity (Wildman–Crippen MR) is 92.0 cm³/mol. The maximum atomic E-state index is 12.6. The van der Waals surface area contributed by atoms with E-state index in [0.717, 1.165) is 5.39 Å². The molecule has 2 aromatic heterocycles. The van der Waals surface area contributed by atoms with Crippen LogP contribution in [0.3, 0.4) is 0 Å². The van der Waals surface area contributed by atoms with Crippen molar-refractivity contribution < 1.29 is 0 Å². The van der Waals surface area contributed by atoms with Crippen molar-refractivity contribution >= 4 is 46.0 Å². The Morgan fingerprint density at radius 3 is 2.73 bits per heavy atom. The molecule has 0 aliphatic rings. The molecule has 0 spiro atoms. The van der Waals surface area contributed by atoms with Gasteiger partial charge in [-0.15, -0.1) is 0 Å². The van der Waals surface area contributed by atoms with Gasteiger partial charge in [0.05, 0.1) is 10.0 Å². The molecule has 3 rings (SSSR count). The zero-order valence-electron chi connectivity index (χ0n) is 11.8. The molecule has 0 atom stereocenters. The van der Waals surface area contributed by atoms with E-state index in [9.17, 15) is 4.79 Å². The van der Waals surface area contributed by atoms with Gasteiger partial charge in [-0.2, -0.15) is 0 Å². The fraction of sp³-hybridized carbons (Fsp3) is 0.133. The van der Waals surface area contributed by atoms with E-state index in [4.69, 9.17) is 23.2 Å². The number of fused-ring (bicyclic) bond motifs is 1. The Hall–Kier alpha value is -1.56. The summed E-state index contributed by atoms with van der Waals surface area (Å²) in [6.45, 7) is 0. The summed E-state index contributed by atoms with van der Waals surface area (Å²) in [5.74, 6) is 0. The third-order valence-corrected chi connectivity index (χ3v) is 4.73. The Morgan fingerprint density at radius 2 is 2.00 bits per heavy atom. The predicted octanol–water partition coefficient (Wildman–Crippen LogP) is 4.02. The zero-order valence-corrected chi connectivity index (χ0v) is 14.1. The molecule has 0 saturated heterocycles. The SMILES string of the molecule is CSc1ncc2cc(-c3cccc(Cl)c3Cl)c(=O)n(C)c2n1. The Balaban J connectivity index is 2.35. The van der Waals surface area contributed by atoms with E-state index in [1.807, 2.05) is 6.26 Å². The number of aromatic nitrogens is 3. The largest absolute Gasteiger partial charge is 0.295 e. The molecule has 0 aliphatic heterocycles. The highest BCUT2D eigenvalue weighted by atomic mass is 35.5. The summed E-state index contributed by atoms with van der Waals surface area (Å²) in [7, 11) is 1.68. The standard InChI is InChI=1S/C15H11Cl2N3OS/c1-20-13-8(7-18-15(19-13)22-2)6-10(14(20)21)9-4-3-5-11(16)12(9)17/h3-7H,1-2H3. The summed E-state index contributed by atoms with van der Waals surface area (Å²) in [5, 5.41) is 2.17. The number of nitrogens with zero attached hydrogens (tertiary/aromatic N) is 3. The quantitative estimate of drug-likeness (QED) is 0.516. The summed E-state index contributed by atoms with van der Waals surface area (Å²) in [6, 6.07) is 6.97. The van der Waals surface area contributed by atoms with Crippen molar-refractivity contribution in [3.05, 3.63) is 50.9 Å². The van der Waals surface area contributed by atoms with Crippen LogP contribution >= 0.6 is 35.0 Å². The Kier molecular flexibility index (Phi) is 4.12. The Bertz CT molecular complexity index is 940. The number of pyridine rings is 1. The first-order valence-corrected chi connectivity index (χ1v) is 8.36. The molecular weight excluding hydrogens is 341 g/mol. The Morgan fingerprint density at radius 1 is 1.23 bits per heavy atom. The van der Waals surface area contributed by atoms with Crippen LogP contribution in [0, 0.1) is 0 Å². The summed E-state index contributed by atoms with van der Waals surface area (Å²) >= 11 is 13.7. The van der Waals surface area contributed by atoms with Crippen LogP contribution in [0.5, 0.6) is 0 Å². The van der Waals surface area contributed by atoms with Gasteiger partial charge >= 0.3 is 0 Å². The molecule has 22 heavy (non-hydrogen) atoms. The van der Waals surface area contributed by atoms with E-state index in [1.165, 1.54) is 16.3 Å². The molecule has 0 saturated carbocycles. The van der Waals surface area contributed by atoms with Gasteiger partial charge in [0.2, 0.25) is 0 Å². The second-order valence-corrected chi connectivity index (χ2v) is 6.22. The Labute approximate surface area is 141 Å². The van der Waals surface area contributed by atoms with Crippen LogP contribution in [-0.2, 0) is 7.05 Å². The van der Waals surface area contributed by atoms with Gasteiger partial charge in [0.25, 0.3) is 5.56 Å². The zero-order chi connectivity index (χ0) is 15.9. The first kappa shape index (κ1) is 15.3. The molecule has 3 aromatic rings. The van der Waals surface area contributed by atoms with Crippen molar-refractivity contribution in [1.82, 2.24) is 14.5 Å². The van der Waals surface area contributed by atoms with E-state index >= 15 is 0 Å². The molecule has 0 N–H and O–H groups in total. The molecule has 4 nitrogen and oxygen atoms in total. The maximum Gasteiger partial charge on any atom is 0.259 e. The summed E-state index contributed by atoms with van der Waals surface area (Å²) < 4.78 is 1.50. The number of aryl methyl sites for hydroxylation is 1. The van der Waals surface area contributed by atoms with Crippen molar-refractivity contribution in [2.75, 3.05) is 6.26 Å². The van der Waals surface area contributed by atoms with Crippen molar-refractivity contribution in [2.24, 2.45) is 7.05 Å². The minimum atomic E-state index is -0.178. The third kappa shape index (κ3) is 2.49. The lowest BCUT2D eigenvalue weighted by molar-refractivity contribution is 0.861. The van der Waals surface area contributed by atoms with Crippen LogP contribution in [0.15, 0.2) is 40.4 Å². The number of halogens is 2. The van der Waals surface area contributed by atoms with Crippen LogP contribution in [-0.4, -0.2) is 20.8 Å². The van der Waals surface area contributed by atoms with Crippen molar-refractivity contribution in [1.29, 1.82) is 0 Å². The smallest absolute Gasteiger partial charge is 0.259 e. The van der Waals surface area contributed by atoms with E-state index < -0.39 is 0 Å². The average Bonchev–Trinajstić information content (AvgIpc) is 2.53. The third-order valence-electron chi connectivity index (χ3n) is 3.35. The van der Waals surface area contributed by atoms with E-state index in [1.54, 1.807) is 37.5 Å². The topological polar surface area (TPSA) is 47.8 Å². The highest BCUT2D eigenvalue weighted by Gasteiger charge is 2.14. The molecule has 0 aliphatic carbocycles. The van der Waals surface area contributed by atoms with Gasteiger partial charge < -0.3 is 0 Å². The van der Waals surface area contributed by atoms with Crippen LogP contribution in [0.25, 0.3) is 22.2 Å². The van der Waals surface area contributed by atoms with Gasteiger partial charge in [0.15, 0.2) is 5.16 Å². The van der Waals surface area contributed by atoms with E-state index in [-0.39, 0.29) is 5.56 Å². The van der Waals surface area contributed by atoms with Crippen molar-refractivity contribution in [3.8, 4) is 11.1 Å².